The minimum absolute atomic E-state index is 0.0515. The Kier molecular flexibility index (Phi) is 5.22. The van der Waals surface area contributed by atoms with E-state index in [0.29, 0.717) is 11.5 Å². The van der Waals surface area contributed by atoms with Crippen LogP contribution in [0.3, 0.4) is 0 Å². The Hall–Kier alpha value is -0.610. The monoisotopic (exact) mass is 344 g/mol. The fourth-order valence-electron chi connectivity index (χ4n) is 2.62. The van der Waals surface area contributed by atoms with E-state index >= 15 is 0 Å². The van der Waals surface area contributed by atoms with Crippen LogP contribution in [0.2, 0.25) is 5.15 Å². The molecular formula is C14H18BrClN2O. The second-order valence-corrected chi connectivity index (χ2v) is 6.46. The van der Waals surface area contributed by atoms with E-state index < -0.39 is 0 Å². The normalized spacial score (nSPS) is 16.4. The van der Waals surface area contributed by atoms with Crippen LogP contribution in [-0.2, 0) is 0 Å². The van der Waals surface area contributed by atoms with Crippen molar-refractivity contribution in [2.45, 2.75) is 32.1 Å². The molecule has 1 aliphatic rings. The molecule has 1 aromatic rings. The zero-order valence-electron chi connectivity index (χ0n) is 11.0. The molecule has 1 fully saturated rings. The predicted molar refractivity (Wildman–Crippen MR) is 80.5 cm³/mol. The van der Waals surface area contributed by atoms with Crippen LogP contribution in [0.25, 0.3) is 0 Å². The van der Waals surface area contributed by atoms with Crippen molar-refractivity contribution in [2.24, 2.45) is 5.92 Å². The molecule has 0 N–H and O–H groups in total. The van der Waals surface area contributed by atoms with Gasteiger partial charge in [0.05, 0.1) is 5.56 Å². The van der Waals surface area contributed by atoms with Gasteiger partial charge in [0.15, 0.2) is 0 Å². The third kappa shape index (κ3) is 3.93. The summed E-state index contributed by atoms with van der Waals surface area (Å²) in [5, 5.41) is 0.267. The summed E-state index contributed by atoms with van der Waals surface area (Å²) in [6, 6.07) is 1.73. The molecule has 1 aliphatic carbocycles. The van der Waals surface area contributed by atoms with Crippen LogP contribution >= 0.6 is 27.5 Å². The van der Waals surface area contributed by atoms with Crippen molar-refractivity contribution >= 4 is 33.4 Å². The van der Waals surface area contributed by atoms with Gasteiger partial charge in [0.25, 0.3) is 5.91 Å². The quantitative estimate of drug-likeness (QED) is 0.771. The molecule has 1 saturated carbocycles. The summed E-state index contributed by atoms with van der Waals surface area (Å²) in [6.45, 7) is 0.807. The van der Waals surface area contributed by atoms with Gasteiger partial charge in [-0.2, -0.15) is 0 Å². The van der Waals surface area contributed by atoms with Crippen LogP contribution in [0.4, 0.5) is 0 Å². The van der Waals surface area contributed by atoms with Crippen LogP contribution in [0.15, 0.2) is 16.7 Å². The molecular weight excluding hydrogens is 328 g/mol. The number of carbonyl (C=O) groups excluding carboxylic acids is 1. The molecule has 0 bridgehead atoms. The van der Waals surface area contributed by atoms with Gasteiger partial charge in [-0.05, 0) is 40.8 Å². The highest BCUT2D eigenvalue weighted by Gasteiger charge is 2.21. The lowest BCUT2D eigenvalue weighted by Gasteiger charge is -2.27. The smallest absolute Gasteiger partial charge is 0.256 e. The van der Waals surface area contributed by atoms with Crippen LogP contribution in [0, 0.1) is 5.92 Å². The summed E-state index contributed by atoms with van der Waals surface area (Å²) in [6.07, 6.45) is 7.94. The maximum Gasteiger partial charge on any atom is 0.256 e. The Balaban J connectivity index is 2.03. The number of nitrogens with zero attached hydrogens (tertiary/aromatic N) is 2. The van der Waals surface area contributed by atoms with Gasteiger partial charge in [0.1, 0.15) is 5.15 Å². The number of aromatic nitrogens is 1. The largest absolute Gasteiger partial charge is 0.341 e. The second kappa shape index (κ2) is 6.71. The van der Waals surface area contributed by atoms with E-state index in [1.165, 1.54) is 32.1 Å². The molecule has 1 amide bonds. The minimum atomic E-state index is -0.0515. The van der Waals surface area contributed by atoms with Crippen molar-refractivity contribution < 1.29 is 4.79 Å². The first-order valence-corrected chi connectivity index (χ1v) is 7.81. The lowest BCUT2D eigenvalue weighted by atomic mass is 9.89. The molecule has 0 aromatic carbocycles. The van der Waals surface area contributed by atoms with Crippen molar-refractivity contribution in [3.8, 4) is 0 Å². The molecule has 2 rings (SSSR count). The van der Waals surface area contributed by atoms with Crippen LogP contribution < -0.4 is 0 Å². The lowest BCUT2D eigenvalue weighted by molar-refractivity contribution is 0.0760. The maximum atomic E-state index is 12.4. The van der Waals surface area contributed by atoms with Gasteiger partial charge in [-0.3, -0.25) is 4.79 Å². The predicted octanol–water partition coefficient (Wildman–Crippen LogP) is 4.15. The number of halogens is 2. The molecule has 0 radical (unpaired) electrons. The van der Waals surface area contributed by atoms with Gasteiger partial charge in [0, 0.05) is 24.3 Å². The minimum Gasteiger partial charge on any atom is -0.341 e. The van der Waals surface area contributed by atoms with Gasteiger partial charge >= 0.3 is 0 Å². The zero-order chi connectivity index (χ0) is 13.8. The molecule has 1 aromatic heterocycles. The van der Waals surface area contributed by atoms with Crippen molar-refractivity contribution in [3.05, 3.63) is 27.5 Å². The fraction of sp³-hybridized carbons (Fsp3) is 0.571. The van der Waals surface area contributed by atoms with Crippen molar-refractivity contribution in [3.63, 3.8) is 0 Å². The van der Waals surface area contributed by atoms with Crippen molar-refractivity contribution in [1.29, 1.82) is 0 Å². The standard InChI is InChI=1S/C14H18BrClN2O/c1-18(9-10-5-3-2-4-6-10)14(19)12-7-11(15)8-17-13(12)16/h7-8,10H,2-6,9H2,1H3. The Bertz CT molecular complexity index is 461. The summed E-state index contributed by atoms with van der Waals surface area (Å²) in [4.78, 5) is 18.1. The Morgan fingerprint density at radius 3 is 2.84 bits per heavy atom. The van der Waals surface area contributed by atoms with E-state index in [4.69, 9.17) is 11.6 Å². The summed E-state index contributed by atoms with van der Waals surface area (Å²) in [5.41, 5.74) is 0.467. The van der Waals surface area contributed by atoms with Crippen LogP contribution in [0.5, 0.6) is 0 Å². The third-order valence-electron chi connectivity index (χ3n) is 3.64. The van der Waals surface area contributed by atoms with Gasteiger partial charge in [-0.15, -0.1) is 0 Å². The molecule has 0 unspecified atom stereocenters. The van der Waals surface area contributed by atoms with Gasteiger partial charge in [-0.25, -0.2) is 4.98 Å². The van der Waals surface area contributed by atoms with Crippen LogP contribution in [0.1, 0.15) is 42.5 Å². The Labute approximate surface area is 127 Å². The zero-order valence-corrected chi connectivity index (χ0v) is 13.4. The van der Waals surface area contributed by atoms with E-state index in [0.717, 1.165) is 11.0 Å². The molecule has 3 nitrogen and oxygen atoms in total. The summed E-state index contributed by atoms with van der Waals surface area (Å²) < 4.78 is 0.770. The molecule has 0 atom stereocenters. The van der Waals surface area contributed by atoms with Gasteiger partial charge < -0.3 is 4.90 Å². The Morgan fingerprint density at radius 2 is 2.16 bits per heavy atom. The number of hydrogen-bond donors (Lipinski definition) is 0. The van der Waals surface area contributed by atoms with E-state index in [2.05, 4.69) is 20.9 Å². The SMILES string of the molecule is CN(CC1CCCCC1)C(=O)c1cc(Br)cnc1Cl. The Morgan fingerprint density at radius 1 is 1.47 bits per heavy atom. The number of carbonyl (C=O) groups is 1. The average molecular weight is 346 g/mol. The molecule has 104 valence electrons. The topological polar surface area (TPSA) is 33.2 Å². The average Bonchev–Trinajstić information content (AvgIpc) is 2.42. The number of rotatable bonds is 3. The van der Waals surface area contributed by atoms with Crippen LogP contribution in [-0.4, -0.2) is 29.4 Å². The van der Waals surface area contributed by atoms with E-state index in [9.17, 15) is 4.79 Å². The number of hydrogen-bond acceptors (Lipinski definition) is 2. The molecule has 19 heavy (non-hydrogen) atoms. The molecule has 1 heterocycles. The third-order valence-corrected chi connectivity index (χ3v) is 4.37. The van der Waals surface area contributed by atoms with E-state index in [-0.39, 0.29) is 11.1 Å². The highest BCUT2D eigenvalue weighted by atomic mass is 79.9. The summed E-state index contributed by atoms with van der Waals surface area (Å²) >= 11 is 9.32. The molecule has 0 spiro atoms. The summed E-state index contributed by atoms with van der Waals surface area (Å²) in [5.74, 6) is 0.575. The highest BCUT2D eigenvalue weighted by molar-refractivity contribution is 9.10. The van der Waals surface area contributed by atoms with E-state index in [1.54, 1.807) is 17.2 Å². The van der Waals surface area contributed by atoms with Crippen molar-refractivity contribution in [2.75, 3.05) is 13.6 Å². The molecule has 0 saturated heterocycles. The van der Waals surface area contributed by atoms with Gasteiger partial charge in [-0.1, -0.05) is 30.9 Å². The number of amides is 1. The number of pyridine rings is 1. The first kappa shape index (κ1) is 14.8. The summed E-state index contributed by atoms with van der Waals surface area (Å²) in [7, 11) is 1.84. The molecule has 0 aliphatic heterocycles. The first-order valence-electron chi connectivity index (χ1n) is 6.64. The van der Waals surface area contributed by atoms with Gasteiger partial charge in [0.2, 0.25) is 0 Å². The maximum absolute atomic E-state index is 12.4. The molecule has 5 heteroatoms. The lowest BCUT2D eigenvalue weighted by Crippen LogP contribution is -2.32. The second-order valence-electron chi connectivity index (χ2n) is 5.18. The fourth-order valence-corrected chi connectivity index (χ4v) is 3.13. The van der Waals surface area contributed by atoms with Crippen molar-refractivity contribution in [1.82, 2.24) is 9.88 Å². The highest BCUT2D eigenvalue weighted by Crippen LogP contribution is 2.25. The first-order chi connectivity index (χ1) is 9.08. The van der Waals surface area contributed by atoms with E-state index in [1.807, 2.05) is 7.05 Å².